The van der Waals surface area contributed by atoms with Gasteiger partial charge in [-0.15, -0.1) is 0 Å². The molecule has 1 saturated heterocycles. The molecule has 1 aliphatic carbocycles. The number of rotatable bonds is 5. The molecule has 1 saturated carbocycles. The average molecular weight is 422 g/mol. The number of carbonyl (C=O) groups excluding carboxylic acids is 1. The smallest absolute Gasteiger partial charge is 0.273 e. The third-order valence-electron chi connectivity index (χ3n) is 5.71. The van der Waals surface area contributed by atoms with Gasteiger partial charge in [0.25, 0.3) is 5.91 Å². The van der Waals surface area contributed by atoms with E-state index in [9.17, 15) is 4.79 Å². The first-order valence-corrected chi connectivity index (χ1v) is 10.3. The van der Waals surface area contributed by atoms with Crippen LogP contribution in [0, 0.1) is 11.8 Å². The van der Waals surface area contributed by atoms with E-state index in [2.05, 4.69) is 19.9 Å². The van der Waals surface area contributed by atoms with Gasteiger partial charge in [-0.1, -0.05) is 11.6 Å². The number of pyridine rings is 2. The van der Waals surface area contributed by atoms with Gasteiger partial charge in [0, 0.05) is 42.4 Å². The number of amides is 1. The number of ether oxygens (including phenoxy) is 1. The van der Waals surface area contributed by atoms with E-state index in [-0.39, 0.29) is 11.9 Å². The molecule has 5 rings (SSSR count). The van der Waals surface area contributed by atoms with E-state index in [0.29, 0.717) is 53.0 Å². The molecule has 0 radical (unpaired) electrons. The second-order valence-electron chi connectivity index (χ2n) is 7.70. The van der Waals surface area contributed by atoms with Crippen molar-refractivity contribution in [1.82, 2.24) is 24.8 Å². The molecular weight excluding hydrogens is 402 g/mol. The van der Waals surface area contributed by atoms with Crippen LogP contribution in [0.2, 0.25) is 5.02 Å². The van der Waals surface area contributed by atoms with Gasteiger partial charge in [0.05, 0.1) is 11.6 Å². The Morgan fingerprint density at radius 2 is 1.87 bits per heavy atom. The minimum atomic E-state index is -0.115. The van der Waals surface area contributed by atoms with Crippen LogP contribution < -0.4 is 4.74 Å². The lowest BCUT2D eigenvalue weighted by atomic mass is 10.0. The highest BCUT2D eigenvalue weighted by molar-refractivity contribution is 6.30. The normalized spacial score (nSPS) is 22.3. The quantitative estimate of drug-likeness (QED) is 0.627. The largest absolute Gasteiger partial charge is 0.475 e. The number of likely N-dealkylation sites (tertiary alicyclic amines) is 1. The van der Waals surface area contributed by atoms with Crippen molar-refractivity contribution in [2.45, 2.75) is 18.9 Å². The molecule has 30 heavy (non-hydrogen) atoms. The molecule has 0 aromatic carbocycles. The van der Waals surface area contributed by atoms with Crippen LogP contribution in [-0.2, 0) is 0 Å². The van der Waals surface area contributed by atoms with E-state index in [1.807, 2.05) is 11.0 Å². The summed E-state index contributed by atoms with van der Waals surface area (Å²) in [6, 6.07) is 8.71. The molecule has 3 aromatic heterocycles. The fourth-order valence-corrected chi connectivity index (χ4v) is 4.23. The Morgan fingerprint density at radius 3 is 2.70 bits per heavy atom. The number of nitrogens with zero attached hydrogens (tertiary/aromatic N) is 5. The lowest BCUT2D eigenvalue weighted by molar-refractivity contribution is 0.0503. The van der Waals surface area contributed by atoms with Gasteiger partial charge in [-0.25, -0.2) is 15.0 Å². The van der Waals surface area contributed by atoms with Gasteiger partial charge >= 0.3 is 0 Å². The molecular formula is C22H20ClN5O2. The fourth-order valence-electron chi connectivity index (χ4n) is 4.08. The zero-order valence-electron chi connectivity index (χ0n) is 16.2. The van der Waals surface area contributed by atoms with Crippen LogP contribution in [0.25, 0.3) is 11.4 Å². The van der Waals surface area contributed by atoms with Crippen molar-refractivity contribution >= 4 is 17.5 Å². The molecule has 1 aliphatic heterocycles. The standard InChI is InChI=1S/C22H20ClN5O2/c23-16-4-8-24-19(11-16)30-13-17-10-14-9-15(14)12-28(17)22(29)20-18(3-1-5-25-20)21-26-6-2-7-27-21/h1-8,11,14-15,17H,9-10,12-13H2/t14-,15+,17-/m0/s1. The number of carbonyl (C=O) groups is 1. The summed E-state index contributed by atoms with van der Waals surface area (Å²) in [6.07, 6.45) is 8.64. The summed E-state index contributed by atoms with van der Waals surface area (Å²) in [5.74, 6) is 2.07. The van der Waals surface area contributed by atoms with E-state index in [1.165, 1.54) is 0 Å². The topological polar surface area (TPSA) is 81.1 Å². The van der Waals surface area contributed by atoms with E-state index >= 15 is 0 Å². The van der Waals surface area contributed by atoms with Gasteiger partial charge in [0.15, 0.2) is 5.82 Å². The van der Waals surface area contributed by atoms with Gasteiger partial charge in [0.2, 0.25) is 5.88 Å². The molecule has 0 unspecified atom stereocenters. The molecule has 7 nitrogen and oxygen atoms in total. The van der Waals surface area contributed by atoms with Gasteiger partial charge < -0.3 is 9.64 Å². The molecule has 4 heterocycles. The zero-order chi connectivity index (χ0) is 20.5. The van der Waals surface area contributed by atoms with Crippen LogP contribution in [0.4, 0.5) is 0 Å². The third-order valence-corrected chi connectivity index (χ3v) is 5.95. The molecule has 0 N–H and O–H groups in total. The summed E-state index contributed by atoms with van der Waals surface area (Å²) < 4.78 is 5.89. The first-order valence-electron chi connectivity index (χ1n) is 9.97. The van der Waals surface area contributed by atoms with E-state index in [0.717, 1.165) is 12.8 Å². The van der Waals surface area contributed by atoms with Crippen molar-refractivity contribution in [3.05, 3.63) is 65.8 Å². The third kappa shape index (κ3) is 3.85. The Hall–Kier alpha value is -3.06. The Labute approximate surface area is 179 Å². The van der Waals surface area contributed by atoms with Crippen LogP contribution in [0.5, 0.6) is 5.88 Å². The fraction of sp³-hybridized carbons (Fsp3) is 0.318. The van der Waals surface area contributed by atoms with Crippen LogP contribution >= 0.6 is 11.6 Å². The van der Waals surface area contributed by atoms with Gasteiger partial charge in [-0.2, -0.15) is 0 Å². The number of fused-ring (bicyclic) bond motifs is 1. The summed E-state index contributed by atoms with van der Waals surface area (Å²) in [5, 5.41) is 0.569. The second-order valence-corrected chi connectivity index (χ2v) is 8.13. The van der Waals surface area contributed by atoms with Crippen LogP contribution in [0.15, 0.2) is 55.1 Å². The van der Waals surface area contributed by atoms with Crippen molar-refractivity contribution < 1.29 is 9.53 Å². The van der Waals surface area contributed by atoms with Crippen LogP contribution in [0.1, 0.15) is 23.3 Å². The monoisotopic (exact) mass is 421 g/mol. The van der Waals surface area contributed by atoms with Crippen molar-refractivity contribution in [2.24, 2.45) is 11.8 Å². The highest BCUT2D eigenvalue weighted by Gasteiger charge is 2.47. The minimum Gasteiger partial charge on any atom is -0.475 e. The molecule has 0 bridgehead atoms. The van der Waals surface area contributed by atoms with E-state index < -0.39 is 0 Å². The van der Waals surface area contributed by atoms with Gasteiger partial charge in [-0.3, -0.25) is 9.78 Å². The number of piperidine rings is 1. The second kappa shape index (κ2) is 7.99. The van der Waals surface area contributed by atoms with Crippen molar-refractivity contribution in [1.29, 1.82) is 0 Å². The highest BCUT2D eigenvalue weighted by Crippen LogP contribution is 2.47. The maximum absolute atomic E-state index is 13.5. The van der Waals surface area contributed by atoms with Crippen LogP contribution in [-0.4, -0.2) is 49.9 Å². The van der Waals surface area contributed by atoms with E-state index in [1.54, 1.807) is 49.1 Å². The Morgan fingerprint density at radius 1 is 1.03 bits per heavy atom. The molecule has 0 spiro atoms. The Balaban J connectivity index is 1.40. The maximum atomic E-state index is 13.5. The van der Waals surface area contributed by atoms with Gasteiger partial charge in [0.1, 0.15) is 12.3 Å². The first-order chi connectivity index (χ1) is 14.7. The Kier molecular flexibility index (Phi) is 5.04. The van der Waals surface area contributed by atoms with E-state index in [4.69, 9.17) is 16.3 Å². The SMILES string of the molecule is O=C(c1ncccc1-c1ncccn1)N1C[C@H]2C[C@H]2C[C@H]1COc1cc(Cl)ccn1. The summed E-state index contributed by atoms with van der Waals surface area (Å²) in [6.45, 7) is 1.08. The predicted octanol–water partition coefficient (Wildman–Crippen LogP) is 3.52. The first kappa shape index (κ1) is 18.9. The summed E-state index contributed by atoms with van der Waals surface area (Å²) in [5.41, 5.74) is 1.01. The van der Waals surface area contributed by atoms with Crippen molar-refractivity contribution in [3.8, 4) is 17.3 Å². The zero-order valence-corrected chi connectivity index (χ0v) is 16.9. The average Bonchev–Trinajstić information content (AvgIpc) is 3.56. The molecule has 8 heteroatoms. The molecule has 2 aliphatic rings. The summed E-state index contributed by atoms with van der Waals surface area (Å²) in [4.78, 5) is 32.6. The highest BCUT2D eigenvalue weighted by atomic mass is 35.5. The van der Waals surface area contributed by atoms with Crippen molar-refractivity contribution in [2.75, 3.05) is 13.2 Å². The molecule has 2 fully saturated rings. The molecule has 3 atom stereocenters. The Bertz CT molecular complexity index is 1060. The van der Waals surface area contributed by atoms with Gasteiger partial charge in [-0.05, 0) is 48.9 Å². The van der Waals surface area contributed by atoms with Crippen LogP contribution in [0.3, 0.4) is 0 Å². The molecule has 1 amide bonds. The lowest BCUT2D eigenvalue weighted by Crippen LogP contribution is -2.48. The molecule has 3 aromatic rings. The minimum absolute atomic E-state index is 0.0476. The molecule has 152 valence electrons. The number of halogens is 1. The number of hydrogen-bond acceptors (Lipinski definition) is 6. The van der Waals surface area contributed by atoms with Crippen molar-refractivity contribution in [3.63, 3.8) is 0 Å². The summed E-state index contributed by atoms with van der Waals surface area (Å²) in [7, 11) is 0. The summed E-state index contributed by atoms with van der Waals surface area (Å²) >= 11 is 6.03. The maximum Gasteiger partial charge on any atom is 0.273 e. The lowest BCUT2D eigenvalue weighted by Gasteiger charge is -2.35. The predicted molar refractivity (Wildman–Crippen MR) is 111 cm³/mol. The number of hydrogen-bond donors (Lipinski definition) is 0. The number of aromatic nitrogens is 4.